The van der Waals surface area contributed by atoms with Crippen LogP contribution in [0.4, 0.5) is 11.8 Å². The van der Waals surface area contributed by atoms with Gasteiger partial charge in [-0.25, -0.2) is 4.68 Å². The molecule has 1 aliphatic rings. The minimum atomic E-state index is -0.212. The summed E-state index contributed by atoms with van der Waals surface area (Å²) in [6.07, 6.45) is 4.71. The van der Waals surface area contributed by atoms with Gasteiger partial charge in [-0.3, -0.25) is 19.3 Å². The first kappa shape index (κ1) is 17.3. The molecule has 3 aromatic rings. The summed E-state index contributed by atoms with van der Waals surface area (Å²) in [5.41, 5.74) is 0.203. The van der Waals surface area contributed by atoms with Crippen LogP contribution in [-0.4, -0.2) is 48.7 Å². The lowest BCUT2D eigenvalue weighted by Crippen LogP contribution is -2.45. The topological polar surface area (TPSA) is 114 Å². The third-order valence-electron chi connectivity index (χ3n) is 4.97. The van der Waals surface area contributed by atoms with Crippen molar-refractivity contribution in [3.8, 4) is 0 Å². The van der Waals surface area contributed by atoms with E-state index >= 15 is 0 Å². The van der Waals surface area contributed by atoms with Crippen LogP contribution in [0.15, 0.2) is 27.9 Å². The Morgan fingerprint density at radius 2 is 2.07 bits per heavy atom. The molecule has 0 bridgehead atoms. The van der Waals surface area contributed by atoms with Crippen molar-refractivity contribution in [3.63, 3.8) is 0 Å². The number of nitrogens with zero attached hydrogens (tertiary/aromatic N) is 6. The number of aryl methyl sites for hydroxylation is 2. The molecule has 3 aromatic heterocycles. The van der Waals surface area contributed by atoms with E-state index in [9.17, 15) is 9.59 Å². The predicted molar refractivity (Wildman–Crippen MR) is 102 cm³/mol. The number of hydrogen-bond donors (Lipinski definition) is 2. The molecule has 2 N–H and O–H groups in total. The molecule has 27 heavy (non-hydrogen) atoms. The largest absolute Gasteiger partial charge is 0.354 e. The number of piperidine rings is 1. The minimum Gasteiger partial charge on any atom is -0.354 e. The van der Waals surface area contributed by atoms with Crippen LogP contribution in [-0.2, 0) is 14.1 Å². The molecule has 4 heterocycles. The lowest BCUT2D eigenvalue weighted by Gasteiger charge is -2.36. The van der Waals surface area contributed by atoms with E-state index in [4.69, 9.17) is 0 Å². The van der Waals surface area contributed by atoms with E-state index in [0.29, 0.717) is 23.5 Å². The number of aromatic nitrogens is 6. The molecule has 0 aromatic carbocycles. The highest BCUT2D eigenvalue weighted by molar-refractivity contribution is 5.74. The normalized spacial score (nSPS) is 17.4. The molecule has 10 nitrogen and oxygen atoms in total. The molecule has 10 heteroatoms. The van der Waals surface area contributed by atoms with Gasteiger partial charge in [-0.2, -0.15) is 15.2 Å². The fraction of sp³-hybridized carbons (Fsp3) is 0.471. The van der Waals surface area contributed by atoms with Crippen molar-refractivity contribution in [2.75, 3.05) is 23.3 Å². The number of fused-ring (bicyclic) bond motifs is 1. The van der Waals surface area contributed by atoms with E-state index in [0.717, 1.165) is 31.6 Å². The maximum atomic E-state index is 12.2. The molecule has 1 saturated heterocycles. The van der Waals surface area contributed by atoms with Crippen LogP contribution in [0.3, 0.4) is 0 Å². The standard InChI is InChI=1S/C17H22N8O2/c1-23-14(26)7-6-13(22-23)25-8-4-3-5-11(25)9-18-17-20-15-12(16(27)21-17)10-19-24(15)2/h6-7,10-11H,3-5,8-9H2,1-2H3,(H2,18,20,21,27). The molecule has 0 spiro atoms. The van der Waals surface area contributed by atoms with E-state index in [1.807, 2.05) is 0 Å². The Morgan fingerprint density at radius 3 is 2.89 bits per heavy atom. The molecule has 0 radical (unpaired) electrons. The summed E-state index contributed by atoms with van der Waals surface area (Å²) in [6, 6.07) is 3.50. The third kappa shape index (κ3) is 3.29. The highest BCUT2D eigenvalue weighted by atomic mass is 16.1. The molecule has 1 unspecified atom stereocenters. The number of rotatable bonds is 4. The number of anilines is 2. The maximum Gasteiger partial charge on any atom is 0.266 e. The Labute approximate surface area is 154 Å². The Balaban J connectivity index is 1.55. The van der Waals surface area contributed by atoms with Gasteiger partial charge in [0.15, 0.2) is 5.65 Å². The highest BCUT2D eigenvalue weighted by Crippen LogP contribution is 2.22. The van der Waals surface area contributed by atoms with Crippen molar-refractivity contribution in [2.45, 2.75) is 25.3 Å². The van der Waals surface area contributed by atoms with Gasteiger partial charge in [0.05, 0.1) is 6.20 Å². The molecule has 1 aliphatic heterocycles. The Bertz CT molecular complexity index is 1080. The first-order valence-corrected chi connectivity index (χ1v) is 9.00. The number of hydrogen-bond acceptors (Lipinski definition) is 7. The van der Waals surface area contributed by atoms with E-state index in [1.54, 1.807) is 24.8 Å². The predicted octanol–water partition coefficient (Wildman–Crippen LogP) is 0.221. The van der Waals surface area contributed by atoms with Crippen LogP contribution in [0.2, 0.25) is 0 Å². The van der Waals surface area contributed by atoms with E-state index in [-0.39, 0.29) is 17.2 Å². The second kappa shape index (κ2) is 6.86. The highest BCUT2D eigenvalue weighted by Gasteiger charge is 2.24. The van der Waals surface area contributed by atoms with Gasteiger partial charge in [0, 0.05) is 39.3 Å². The maximum absolute atomic E-state index is 12.2. The first-order chi connectivity index (χ1) is 13.0. The molecule has 1 fully saturated rings. The minimum absolute atomic E-state index is 0.128. The van der Waals surface area contributed by atoms with Crippen LogP contribution in [0.5, 0.6) is 0 Å². The van der Waals surface area contributed by atoms with Gasteiger partial charge in [-0.1, -0.05) is 0 Å². The third-order valence-corrected chi connectivity index (χ3v) is 4.97. The Hall–Kier alpha value is -3.17. The summed E-state index contributed by atoms with van der Waals surface area (Å²) in [7, 11) is 3.41. The van der Waals surface area contributed by atoms with Gasteiger partial charge in [0.1, 0.15) is 11.2 Å². The fourth-order valence-electron chi connectivity index (χ4n) is 3.49. The van der Waals surface area contributed by atoms with Crippen LogP contribution >= 0.6 is 0 Å². The van der Waals surface area contributed by atoms with E-state index < -0.39 is 0 Å². The fourth-order valence-corrected chi connectivity index (χ4v) is 3.49. The van der Waals surface area contributed by atoms with Gasteiger partial charge in [0.25, 0.3) is 11.1 Å². The van der Waals surface area contributed by atoms with E-state index in [2.05, 4.69) is 30.4 Å². The van der Waals surface area contributed by atoms with Crippen molar-refractivity contribution in [3.05, 3.63) is 39.0 Å². The van der Waals surface area contributed by atoms with Gasteiger partial charge < -0.3 is 10.2 Å². The van der Waals surface area contributed by atoms with Crippen molar-refractivity contribution >= 4 is 22.8 Å². The number of aromatic amines is 1. The van der Waals surface area contributed by atoms with Gasteiger partial charge in [0.2, 0.25) is 5.95 Å². The van der Waals surface area contributed by atoms with Crippen molar-refractivity contribution in [1.29, 1.82) is 0 Å². The van der Waals surface area contributed by atoms with Crippen LogP contribution in [0, 0.1) is 0 Å². The molecule has 142 valence electrons. The summed E-state index contributed by atoms with van der Waals surface area (Å²) in [6.45, 7) is 1.49. The first-order valence-electron chi connectivity index (χ1n) is 9.00. The van der Waals surface area contributed by atoms with Crippen molar-refractivity contribution in [2.24, 2.45) is 14.1 Å². The smallest absolute Gasteiger partial charge is 0.266 e. The average Bonchev–Trinajstić information content (AvgIpc) is 3.04. The zero-order valence-corrected chi connectivity index (χ0v) is 15.3. The zero-order valence-electron chi connectivity index (χ0n) is 15.3. The molecule has 1 atom stereocenters. The molecule has 0 aliphatic carbocycles. The van der Waals surface area contributed by atoms with Crippen LogP contribution in [0.25, 0.3) is 11.0 Å². The lowest BCUT2D eigenvalue weighted by atomic mass is 10.0. The van der Waals surface area contributed by atoms with Gasteiger partial charge >= 0.3 is 0 Å². The zero-order chi connectivity index (χ0) is 19.0. The molecule has 0 saturated carbocycles. The van der Waals surface area contributed by atoms with Crippen molar-refractivity contribution < 1.29 is 0 Å². The summed E-state index contributed by atoms with van der Waals surface area (Å²) >= 11 is 0. The summed E-state index contributed by atoms with van der Waals surface area (Å²) in [5.74, 6) is 1.21. The second-order valence-corrected chi connectivity index (χ2v) is 6.80. The van der Waals surface area contributed by atoms with Gasteiger partial charge in [-0.15, -0.1) is 0 Å². The molecule has 0 amide bonds. The Morgan fingerprint density at radius 1 is 1.22 bits per heavy atom. The SMILES string of the molecule is Cn1nc(N2CCCCC2CNc2nc3c(cnn3C)c(=O)[nH]2)ccc1=O. The van der Waals surface area contributed by atoms with Crippen LogP contribution in [0.1, 0.15) is 19.3 Å². The molecular weight excluding hydrogens is 348 g/mol. The molecule has 4 rings (SSSR count). The van der Waals surface area contributed by atoms with Crippen LogP contribution < -0.4 is 21.3 Å². The summed E-state index contributed by atoms with van der Waals surface area (Å²) < 4.78 is 2.93. The average molecular weight is 370 g/mol. The lowest BCUT2D eigenvalue weighted by molar-refractivity contribution is 0.464. The summed E-state index contributed by atoms with van der Waals surface area (Å²) in [5, 5.41) is 12.2. The quantitative estimate of drug-likeness (QED) is 0.675. The Kier molecular flexibility index (Phi) is 4.38. The molecular formula is C17H22N8O2. The number of nitrogens with one attached hydrogen (secondary N) is 2. The number of H-pyrrole nitrogens is 1. The van der Waals surface area contributed by atoms with Crippen molar-refractivity contribution in [1.82, 2.24) is 29.5 Å². The second-order valence-electron chi connectivity index (χ2n) is 6.80. The monoisotopic (exact) mass is 370 g/mol. The van der Waals surface area contributed by atoms with E-state index in [1.165, 1.54) is 16.9 Å². The van der Waals surface area contributed by atoms with Gasteiger partial charge in [-0.05, 0) is 25.3 Å². The summed E-state index contributed by atoms with van der Waals surface area (Å²) in [4.78, 5) is 33.2.